The van der Waals surface area contributed by atoms with Gasteiger partial charge in [0.05, 0.1) is 42.4 Å². The van der Waals surface area contributed by atoms with Crippen molar-refractivity contribution in [3.63, 3.8) is 0 Å². The molecule has 2 aromatic carbocycles. The van der Waals surface area contributed by atoms with Crippen molar-refractivity contribution in [2.24, 2.45) is 0 Å². The number of methoxy groups -OCH3 is 2. The van der Waals surface area contributed by atoms with E-state index >= 15 is 0 Å². The summed E-state index contributed by atoms with van der Waals surface area (Å²) in [7, 11) is 2.34. The smallest absolute Gasteiger partial charge is 0.353 e. The number of carbonyl (C=O) groups excluding carboxylic acids is 3. The van der Waals surface area contributed by atoms with E-state index in [0.29, 0.717) is 5.69 Å². The van der Waals surface area contributed by atoms with Crippen LogP contribution < -0.4 is 10.6 Å². The van der Waals surface area contributed by atoms with Crippen molar-refractivity contribution in [3.05, 3.63) is 75.6 Å². The molecule has 0 aliphatic rings. The molecule has 13 nitrogen and oxygen atoms in total. The molecule has 0 fully saturated rings. The molecule has 0 unspecified atom stereocenters. The van der Waals surface area contributed by atoms with Crippen LogP contribution in [0.2, 0.25) is 0 Å². The van der Waals surface area contributed by atoms with Gasteiger partial charge >= 0.3 is 23.6 Å². The Bertz CT molecular complexity index is 1290. The van der Waals surface area contributed by atoms with Gasteiger partial charge in [-0.1, -0.05) is 6.07 Å². The third kappa shape index (κ3) is 5.88. The zero-order chi connectivity index (χ0) is 26.2. The summed E-state index contributed by atoms with van der Waals surface area (Å²) in [5, 5.41) is 17.5. The molecule has 0 saturated heterocycles. The van der Waals surface area contributed by atoms with Gasteiger partial charge in [0.2, 0.25) is 11.6 Å². The number of anilines is 4. The van der Waals surface area contributed by atoms with E-state index in [0.717, 1.165) is 6.33 Å². The van der Waals surface area contributed by atoms with Crippen molar-refractivity contribution in [3.8, 4) is 0 Å². The van der Waals surface area contributed by atoms with Gasteiger partial charge in [0.25, 0.3) is 0 Å². The molecule has 3 rings (SSSR count). The first-order chi connectivity index (χ1) is 17.3. The lowest BCUT2D eigenvalue weighted by molar-refractivity contribution is -0.383. The fourth-order valence-corrected chi connectivity index (χ4v) is 3.12. The summed E-state index contributed by atoms with van der Waals surface area (Å²) >= 11 is 0. The Kier molecular flexibility index (Phi) is 8.07. The number of carbonyl (C=O) groups is 3. The summed E-state index contributed by atoms with van der Waals surface area (Å²) in [6.07, 6.45) is 1.08. The molecule has 0 amide bonds. The van der Waals surface area contributed by atoms with Crippen LogP contribution in [0.4, 0.5) is 28.7 Å². The zero-order valence-corrected chi connectivity index (χ0v) is 19.4. The minimum absolute atomic E-state index is 0.00809. The van der Waals surface area contributed by atoms with Crippen molar-refractivity contribution < 1.29 is 33.5 Å². The SMILES string of the molecule is CCOC(=O)c1cccc(Nc2ncnc(Nc3cc(C(=O)OC)cc(C(=O)OC)c3)c2[N+](=O)[O-])c1. The molecule has 0 radical (unpaired) electrons. The third-order valence-corrected chi connectivity index (χ3v) is 4.68. The normalized spacial score (nSPS) is 10.2. The van der Waals surface area contributed by atoms with Gasteiger partial charge in [0, 0.05) is 11.4 Å². The molecule has 0 atom stereocenters. The Labute approximate surface area is 204 Å². The fraction of sp³-hybridized carbons (Fsp3) is 0.174. The highest BCUT2D eigenvalue weighted by Gasteiger charge is 2.24. The molecule has 0 bridgehead atoms. The second-order valence-corrected chi connectivity index (χ2v) is 7.01. The first kappa shape index (κ1) is 25.6. The predicted molar refractivity (Wildman–Crippen MR) is 127 cm³/mol. The lowest BCUT2D eigenvalue weighted by Gasteiger charge is -2.12. The minimum atomic E-state index is -0.732. The number of esters is 3. The summed E-state index contributed by atoms with van der Waals surface area (Å²) in [6, 6.07) is 10.1. The van der Waals surface area contributed by atoms with Crippen LogP contribution in [0.25, 0.3) is 0 Å². The van der Waals surface area contributed by atoms with Gasteiger partial charge in [0.1, 0.15) is 6.33 Å². The second kappa shape index (κ2) is 11.4. The van der Waals surface area contributed by atoms with Gasteiger partial charge in [-0.05, 0) is 43.3 Å². The maximum absolute atomic E-state index is 12.1. The largest absolute Gasteiger partial charge is 0.465 e. The third-order valence-electron chi connectivity index (χ3n) is 4.68. The van der Waals surface area contributed by atoms with Crippen LogP contribution in [-0.2, 0) is 14.2 Å². The molecule has 13 heteroatoms. The van der Waals surface area contributed by atoms with Crippen molar-refractivity contribution in [1.29, 1.82) is 0 Å². The number of benzene rings is 2. The number of rotatable bonds is 9. The van der Waals surface area contributed by atoms with E-state index in [9.17, 15) is 24.5 Å². The molecule has 1 heterocycles. The molecular weight excluding hydrogens is 474 g/mol. The molecular formula is C23H21N5O8. The summed E-state index contributed by atoms with van der Waals surface area (Å²) in [5.41, 5.74) is 0.209. The predicted octanol–water partition coefficient (Wildman–Crippen LogP) is 3.62. The van der Waals surface area contributed by atoms with Crippen LogP contribution in [0.3, 0.4) is 0 Å². The first-order valence-corrected chi connectivity index (χ1v) is 10.4. The Morgan fingerprint density at radius 3 is 1.94 bits per heavy atom. The van der Waals surface area contributed by atoms with Gasteiger partial charge in [-0.3, -0.25) is 10.1 Å². The van der Waals surface area contributed by atoms with Crippen LogP contribution in [0.15, 0.2) is 48.8 Å². The van der Waals surface area contributed by atoms with E-state index in [4.69, 9.17) is 14.2 Å². The summed E-state index contributed by atoms with van der Waals surface area (Å²) < 4.78 is 14.4. The monoisotopic (exact) mass is 495 g/mol. The maximum Gasteiger partial charge on any atom is 0.353 e. The van der Waals surface area contributed by atoms with Gasteiger partial charge in [0.15, 0.2) is 0 Å². The average molecular weight is 495 g/mol. The van der Waals surface area contributed by atoms with Crippen LogP contribution >= 0.6 is 0 Å². The number of nitrogens with one attached hydrogen (secondary N) is 2. The fourth-order valence-electron chi connectivity index (χ4n) is 3.12. The van der Waals surface area contributed by atoms with E-state index in [1.807, 2.05) is 0 Å². The van der Waals surface area contributed by atoms with E-state index in [1.54, 1.807) is 19.1 Å². The highest BCUT2D eigenvalue weighted by Crippen LogP contribution is 2.33. The molecule has 36 heavy (non-hydrogen) atoms. The number of hydrogen-bond acceptors (Lipinski definition) is 12. The van der Waals surface area contributed by atoms with E-state index in [1.165, 1.54) is 44.6 Å². The standard InChI is InChI=1S/C23H21N5O8/c1-4-36-23(31)13-6-5-7-16(9-13)26-19-18(28(32)33)20(25-12-24-19)27-17-10-14(21(29)34-2)8-15(11-17)22(30)35-3/h5-12H,4H2,1-3H3,(H2,24,25,26,27). The molecule has 1 aromatic heterocycles. The Balaban J connectivity index is 2.00. The van der Waals surface area contributed by atoms with Crippen LogP contribution in [0.5, 0.6) is 0 Å². The molecule has 3 aromatic rings. The minimum Gasteiger partial charge on any atom is -0.465 e. The topological polar surface area (TPSA) is 172 Å². The van der Waals surface area contributed by atoms with Gasteiger partial charge in [-0.15, -0.1) is 0 Å². The van der Waals surface area contributed by atoms with E-state index < -0.39 is 28.5 Å². The van der Waals surface area contributed by atoms with Crippen molar-refractivity contribution >= 4 is 46.6 Å². The van der Waals surface area contributed by atoms with E-state index in [-0.39, 0.29) is 40.6 Å². The molecule has 0 spiro atoms. The summed E-state index contributed by atoms with van der Waals surface area (Å²) in [4.78, 5) is 55.3. The van der Waals surface area contributed by atoms with Crippen molar-refractivity contribution in [1.82, 2.24) is 9.97 Å². The average Bonchev–Trinajstić information content (AvgIpc) is 2.87. The van der Waals surface area contributed by atoms with Gasteiger partial charge in [-0.2, -0.15) is 0 Å². The quantitative estimate of drug-likeness (QED) is 0.191. The first-order valence-electron chi connectivity index (χ1n) is 10.4. The molecule has 2 N–H and O–H groups in total. The maximum atomic E-state index is 12.1. The van der Waals surface area contributed by atoms with Gasteiger partial charge < -0.3 is 24.8 Å². The zero-order valence-electron chi connectivity index (χ0n) is 19.4. The van der Waals surface area contributed by atoms with Crippen LogP contribution in [0.1, 0.15) is 38.0 Å². The van der Waals surface area contributed by atoms with Crippen LogP contribution in [-0.4, -0.2) is 53.6 Å². The van der Waals surface area contributed by atoms with Crippen molar-refractivity contribution in [2.45, 2.75) is 6.92 Å². The number of ether oxygens (including phenoxy) is 3. The van der Waals surface area contributed by atoms with E-state index in [2.05, 4.69) is 20.6 Å². The Hall–Kier alpha value is -5.07. The number of nitro groups is 1. The number of aromatic nitrogens is 2. The highest BCUT2D eigenvalue weighted by molar-refractivity contribution is 5.97. The highest BCUT2D eigenvalue weighted by atomic mass is 16.6. The second-order valence-electron chi connectivity index (χ2n) is 7.01. The summed E-state index contributed by atoms with van der Waals surface area (Å²) in [6.45, 7) is 1.87. The molecule has 0 aliphatic carbocycles. The molecule has 0 aliphatic heterocycles. The lowest BCUT2D eigenvalue weighted by atomic mass is 10.1. The molecule has 186 valence electrons. The molecule has 0 saturated carbocycles. The Morgan fingerprint density at radius 2 is 1.42 bits per heavy atom. The number of nitrogens with zero attached hydrogens (tertiary/aromatic N) is 3. The number of hydrogen-bond donors (Lipinski definition) is 2. The van der Waals surface area contributed by atoms with Crippen molar-refractivity contribution in [2.75, 3.05) is 31.5 Å². The van der Waals surface area contributed by atoms with Crippen LogP contribution in [0, 0.1) is 10.1 Å². The lowest BCUT2D eigenvalue weighted by Crippen LogP contribution is -2.09. The summed E-state index contributed by atoms with van der Waals surface area (Å²) in [5.74, 6) is -2.41. The Morgan fingerprint density at radius 1 is 0.861 bits per heavy atom. The van der Waals surface area contributed by atoms with Gasteiger partial charge in [-0.25, -0.2) is 24.4 Å².